The average molecular weight is 554 g/mol. The maximum absolute atomic E-state index is 13.0. The molecule has 12 nitrogen and oxygen atoms in total. The summed E-state index contributed by atoms with van der Waals surface area (Å²) in [4.78, 5) is 56.2. The summed E-state index contributed by atoms with van der Waals surface area (Å²) in [5.74, 6) is 0.201. The number of anilines is 1. The second-order valence-electron chi connectivity index (χ2n) is 8.38. The number of aromatic nitrogens is 1. The third-order valence-corrected chi connectivity index (χ3v) is 7.95. The number of esters is 2. The van der Waals surface area contributed by atoms with E-state index in [4.69, 9.17) is 21.6 Å². The van der Waals surface area contributed by atoms with Crippen LogP contribution in [0.5, 0.6) is 0 Å². The van der Waals surface area contributed by atoms with E-state index in [0.29, 0.717) is 10.7 Å². The normalized spacial score (nSPS) is 19.7. The van der Waals surface area contributed by atoms with Gasteiger partial charge in [0, 0.05) is 16.0 Å². The number of hydrogen-bond acceptors (Lipinski definition) is 13. The summed E-state index contributed by atoms with van der Waals surface area (Å²) in [5.41, 5.74) is 4.41. The fourth-order valence-electron chi connectivity index (χ4n) is 3.06. The topological polar surface area (TPSA) is 174 Å². The third-order valence-electron chi connectivity index (χ3n) is 4.82. The highest BCUT2D eigenvalue weighted by Crippen LogP contribution is 2.43. The Morgan fingerprint density at radius 1 is 1.42 bits per heavy atom. The molecule has 3 rings (SSSR count). The standard InChI is InChI=1S/C21H23N5O7S3/c1-5-6-34-11-8-35-17-13(24-15(27)12(25-31)10-7-36-20(22)23-10)16(28)26(17)14(11)18(29)32-9-33-19(30)21(2,3)4/h1,7,13,17,31H,6,8-9H2,2-4H3,(H2,22,23)(H,24,27)/b25-12-/t13-,17-/m1/s1. The lowest BCUT2D eigenvalue weighted by Crippen LogP contribution is -2.71. The fraction of sp³-hybridized carbons (Fsp3) is 0.429. The SMILES string of the molecule is C#CCSC1=C(C(=O)OCOC(=O)C(C)(C)C)N2C(=O)[C@@H](NC(=O)/C(=N\O)c3csc(N)n3)[C@H]2SC1. The van der Waals surface area contributed by atoms with Crippen molar-refractivity contribution in [2.75, 3.05) is 24.0 Å². The van der Waals surface area contributed by atoms with E-state index >= 15 is 0 Å². The van der Waals surface area contributed by atoms with E-state index in [1.54, 1.807) is 20.8 Å². The zero-order chi connectivity index (χ0) is 26.6. The number of rotatable bonds is 8. The third kappa shape index (κ3) is 5.77. The Hall–Kier alpha value is -3.22. The van der Waals surface area contributed by atoms with Gasteiger partial charge in [-0.2, -0.15) is 0 Å². The molecule has 1 saturated heterocycles. The van der Waals surface area contributed by atoms with E-state index in [2.05, 4.69) is 21.4 Å². The summed E-state index contributed by atoms with van der Waals surface area (Å²) in [5, 5.41) is 15.8. The second-order valence-corrected chi connectivity index (χ2v) is 11.4. The lowest BCUT2D eigenvalue weighted by Gasteiger charge is -2.49. The van der Waals surface area contributed by atoms with Gasteiger partial charge in [-0.25, -0.2) is 9.78 Å². The summed E-state index contributed by atoms with van der Waals surface area (Å²) in [7, 11) is 0. The molecule has 15 heteroatoms. The molecule has 2 amide bonds. The van der Waals surface area contributed by atoms with Crippen LogP contribution in [0.3, 0.4) is 0 Å². The van der Waals surface area contributed by atoms with Crippen molar-refractivity contribution in [1.82, 2.24) is 15.2 Å². The average Bonchev–Trinajstić information content (AvgIpc) is 3.25. The van der Waals surface area contributed by atoms with Crippen LogP contribution in [0.1, 0.15) is 26.5 Å². The first-order valence-electron chi connectivity index (χ1n) is 10.3. The Bertz CT molecular complexity index is 1180. The first-order valence-corrected chi connectivity index (χ1v) is 13.2. The van der Waals surface area contributed by atoms with E-state index in [1.807, 2.05) is 0 Å². The molecule has 1 fully saturated rings. The number of carbonyl (C=O) groups is 4. The van der Waals surface area contributed by atoms with Gasteiger partial charge in [0.15, 0.2) is 10.8 Å². The molecule has 0 saturated carbocycles. The zero-order valence-electron chi connectivity index (χ0n) is 19.5. The Balaban J connectivity index is 1.73. The molecule has 36 heavy (non-hydrogen) atoms. The lowest BCUT2D eigenvalue weighted by molar-refractivity contribution is -0.173. The van der Waals surface area contributed by atoms with Gasteiger partial charge < -0.3 is 25.7 Å². The van der Waals surface area contributed by atoms with Gasteiger partial charge >= 0.3 is 11.9 Å². The quantitative estimate of drug-likeness (QED) is 0.0796. The number of hydrogen-bond donors (Lipinski definition) is 3. The summed E-state index contributed by atoms with van der Waals surface area (Å²) < 4.78 is 10.1. The van der Waals surface area contributed by atoms with Crippen molar-refractivity contribution >= 4 is 69.5 Å². The molecule has 3 heterocycles. The molecule has 1 aromatic rings. The number of nitrogens with two attached hydrogens (primary N) is 1. The van der Waals surface area contributed by atoms with Gasteiger partial charge in [0.2, 0.25) is 6.79 Å². The molecule has 1 aromatic heterocycles. The van der Waals surface area contributed by atoms with Crippen molar-refractivity contribution < 1.29 is 33.9 Å². The van der Waals surface area contributed by atoms with Gasteiger partial charge in [-0.05, 0) is 20.8 Å². The van der Waals surface area contributed by atoms with Gasteiger partial charge in [-0.15, -0.1) is 41.3 Å². The van der Waals surface area contributed by atoms with Gasteiger partial charge in [0.1, 0.15) is 22.8 Å². The number of terminal acetylenes is 1. The molecule has 2 aliphatic heterocycles. The molecular weight excluding hydrogens is 530 g/mol. The van der Waals surface area contributed by atoms with E-state index in [-0.39, 0.29) is 22.3 Å². The molecule has 4 N–H and O–H groups in total. The van der Waals surface area contributed by atoms with Crippen molar-refractivity contribution in [2.24, 2.45) is 10.6 Å². The van der Waals surface area contributed by atoms with E-state index in [9.17, 15) is 24.4 Å². The molecule has 192 valence electrons. The summed E-state index contributed by atoms with van der Waals surface area (Å²) in [6.07, 6.45) is 5.35. The lowest BCUT2D eigenvalue weighted by atomic mass is 9.98. The number of β-lactam (4-membered cyclic amide) rings is 1. The number of carbonyl (C=O) groups excluding carboxylic acids is 4. The molecule has 0 spiro atoms. The predicted octanol–water partition coefficient (Wildman–Crippen LogP) is 0.972. The summed E-state index contributed by atoms with van der Waals surface area (Å²) >= 11 is 3.57. The van der Waals surface area contributed by atoms with Crippen LogP contribution in [0.4, 0.5) is 5.13 Å². The van der Waals surface area contributed by atoms with Crippen LogP contribution in [0.25, 0.3) is 0 Å². The minimum Gasteiger partial charge on any atom is -0.427 e. The number of oxime groups is 1. The van der Waals surface area contributed by atoms with Crippen LogP contribution in [0.2, 0.25) is 0 Å². The van der Waals surface area contributed by atoms with Crippen molar-refractivity contribution in [3.63, 3.8) is 0 Å². The Morgan fingerprint density at radius 3 is 2.72 bits per heavy atom. The van der Waals surface area contributed by atoms with Crippen molar-refractivity contribution in [1.29, 1.82) is 0 Å². The summed E-state index contributed by atoms with van der Waals surface area (Å²) in [6.45, 7) is 4.33. The predicted molar refractivity (Wildman–Crippen MR) is 135 cm³/mol. The van der Waals surface area contributed by atoms with Gasteiger partial charge in [0.05, 0.1) is 11.2 Å². The Morgan fingerprint density at radius 2 is 2.14 bits per heavy atom. The van der Waals surface area contributed by atoms with Crippen LogP contribution < -0.4 is 11.1 Å². The van der Waals surface area contributed by atoms with Crippen LogP contribution in [-0.4, -0.2) is 74.3 Å². The number of thioether (sulfide) groups is 2. The second kappa shape index (κ2) is 11.2. The smallest absolute Gasteiger partial charge is 0.358 e. The van der Waals surface area contributed by atoms with Crippen LogP contribution in [-0.2, 0) is 28.7 Å². The number of nitrogens with zero attached hydrogens (tertiary/aromatic N) is 3. The number of amides is 2. The first kappa shape index (κ1) is 27.4. The monoisotopic (exact) mass is 553 g/mol. The minimum atomic E-state index is -1.00. The molecule has 0 unspecified atom stereocenters. The zero-order valence-corrected chi connectivity index (χ0v) is 21.9. The number of nitrogen functional groups attached to an aromatic ring is 1. The van der Waals surface area contributed by atoms with Crippen molar-refractivity contribution in [2.45, 2.75) is 32.2 Å². The Labute approximate surface area is 219 Å². The molecule has 0 radical (unpaired) electrons. The molecule has 2 aliphatic rings. The summed E-state index contributed by atoms with van der Waals surface area (Å²) in [6, 6.07) is -1.00. The van der Waals surface area contributed by atoms with E-state index in [1.165, 1.54) is 33.8 Å². The van der Waals surface area contributed by atoms with Crippen LogP contribution in [0, 0.1) is 17.8 Å². The highest BCUT2D eigenvalue weighted by Gasteiger charge is 2.55. The molecule has 2 atom stereocenters. The first-order chi connectivity index (χ1) is 17.0. The van der Waals surface area contributed by atoms with Gasteiger partial charge in [-0.1, -0.05) is 11.1 Å². The van der Waals surface area contributed by atoms with Crippen LogP contribution >= 0.6 is 34.9 Å². The maximum Gasteiger partial charge on any atom is 0.358 e. The van der Waals surface area contributed by atoms with Crippen molar-refractivity contribution in [3.05, 3.63) is 21.7 Å². The molecular formula is C21H23N5O7S3. The van der Waals surface area contributed by atoms with Crippen LogP contribution in [0.15, 0.2) is 21.1 Å². The van der Waals surface area contributed by atoms with E-state index in [0.717, 1.165) is 11.3 Å². The number of nitrogens with one attached hydrogen (secondary N) is 1. The van der Waals surface area contributed by atoms with Gasteiger partial charge in [-0.3, -0.25) is 19.3 Å². The maximum atomic E-state index is 13.0. The minimum absolute atomic E-state index is 0.0235. The number of ether oxygens (including phenoxy) is 2. The highest BCUT2D eigenvalue weighted by atomic mass is 32.2. The highest BCUT2D eigenvalue weighted by molar-refractivity contribution is 8.06. The molecule has 0 aliphatic carbocycles. The number of thiazole rings is 1. The van der Waals surface area contributed by atoms with E-state index < -0.39 is 53.1 Å². The number of fused-ring (bicyclic) bond motifs is 1. The molecule has 0 bridgehead atoms. The molecule has 0 aromatic carbocycles. The van der Waals surface area contributed by atoms with Crippen molar-refractivity contribution in [3.8, 4) is 12.3 Å². The Kier molecular flexibility index (Phi) is 8.54. The largest absolute Gasteiger partial charge is 0.427 e. The van der Waals surface area contributed by atoms with Gasteiger partial charge in [0.25, 0.3) is 11.8 Å². The fourth-order valence-corrected chi connectivity index (χ4v) is 5.92.